The maximum Gasteiger partial charge on any atom is 0.343 e. The Morgan fingerprint density at radius 1 is 0.449 bits per heavy atom. The average molecular weight is 907 g/mol. The van der Waals surface area contributed by atoms with Gasteiger partial charge in [-0.15, -0.1) is 0 Å². The maximum absolute atomic E-state index is 13.9. The number of imide groups is 2. The number of hydrogen-bond donors (Lipinski definition) is 0. The number of rotatable bonds is 7. The van der Waals surface area contributed by atoms with Gasteiger partial charge in [0.2, 0.25) is 0 Å². The first kappa shape index (κ1) is 41.0. The van der Waals surface area contributed by atoms with Crippen molar-refractivity contribution in [1.29, 1.82) is 0 Å². The Balaban J connectivity index is 0.848. The minimum atomic E-state index is -0.909. The van der Waals surface area contributed by atoms with Gasteiger partial charge in [-0.25, -0.2) is 14.5 Å². The van der Waals surface area contributed by atoms with Crippen molar-refractivity contribution in [1.82, 2.24) is 4.90 Å². The predicted octanol–water partition coefficient (Wildman–Crippen LogP) is 10.7. The third kappa shape index (κ3) is 6.30. The van der Waals surface area contributed by atoms with Gasteiger partial charge in [-0.3, -0.25) is 24.1 Å². The Morgan fingerprint density at radius 3 is 1.45 bits per heavy atom. The lowest BCUT2D eigenvalue weighted by molar-refractivity contribution is 0.0688. The molecule has 8 aromatic carbocycles. The highest BCUT2D eigenvalue weighted by Gasteiger charge is 2.51. The molecule has 12 heteroatoms. The number of carbonyl (C=O) groups excluding carboxylic acids is 6. The second-order valence-corrected chi connectivity index (χ2v) is 17.1. The molecule has 4 amide bonds. The number of esters is 2. The van der Waals surface area contributed by atoms with Crippen LogP contribution in [0.5, 0.6) is 34.5 Å². The molecule has 4 aliphatic rings. The van der Waals surface area contributed by atoms with Crippen LogP contribution in [0.3, 0.4) is 0 Å². The van der Waals surface area contributed by atoms with Crippen molar-refractivity contribution in [2.24, 2.45) is 0 Å². The van der Waals surface area contributed by atoms with Gasteiger partial charge in [0, 0.05) is 30.3 Å². The van der Waals surface area contributed by atoms with Crippen molar-refractivity contribution in [3.05, 3.63) is 231 Å². The fourth-order valence-corrected chi connectivity index (χ4v) is 9.83. The Bertz CT molecular complexity index is 3570. The number of ether oxygens (including phenoxy) is 4. The van der Waals surface area contributed by atoms with Crippen LogP contribution in [-0.4, -0.2) is 47.5 Å². The van der Waals surface area contributed by atoms with E-state index in [0.717, 1.165) is 48.7 Å². The van der Waals surface area contributed by atoms with E-state index < -0.39 is 41.0 Å². The first-order valence-corrected chi connectivity index (χ1v) is 21.9. The van der Waals surface area contributed by atoms with Crippen LogP contribution in [0.1, 0.15) is 90.0 Å². The summed E-state index contributed by atoms with van der Waals surface area (Å²) < 4.78 is 24.4. The topological polar surface area (TPSA) is 146 Å². The molecular weight excluding hydrogens is 873 g/mol. The van der Waals surface area contributed by atoms with Crippen LogP contribution < -0.4 is 23.8 Å². The van der Waals surface area contributed by atoms with Crippen LogP contribution in [0.2, 0.25) is 0 Å². The molecule has 0 aromatic heterocycles. The lowest BCUT2D eigenvalue weighted by atomic mass is 9.66. The van der Waals surface area contributed by atoms with Crippen LogP contribution in [-0.2, 0) is 5.41 Å². The van der Waals surface area contributed by atoms with Crippen LogP contribution >= 0.6 is 0 Å². The van der Waals surface area contributed by atoms with Crippen molar-refractivity contribution in [3.8, 4) is 45.6 Å². The summed E-state index contributed by atoms with van der Waals surface area (Å²) in [5.74, 6) is -1.35. The van der Waals surface area contributed by atoms with Gasteiger partial charge in [-0.05, 0) is 114 Å². The summed E-state index contributed by atoms with van der Waals surface area (Å²) in [6, 6.07) is 49.3. The molecule has 0 bridgehead atoms. The standard InChI is InChI=1S/C57H34N2O10/c1-31-11-17-35(18-12-31)66-36-19-15-34(16-20-36)59-53(62)42-24-14-33(28-44(42)54(59)63)56(65)68-38-22-26-48-50(30-38)69-49-29-37(67-55(64)32-13-23-41-43(27-32)52(61)58(2)51(41)60)21-25-47(49)57(48)45-9-5-3-7-39(45)40-8-4-6-10-46(40)57/h3-30H,1-2H3. The molecule has 8 aromatic rings. The van der Waals surface area contributed by atoms with E-state index in [0.29, 0.717) is 28.7 Å². The number of nitrogens with zero attached hydrogens (tertiary/aromatic N) is 2. The molecule has 1 aliphatic carbocycles. The van der Waals surface area contributed by atoms with E-state index >= 15 is 0 Å². The number of benzene rings is 8. The Kier molecular flexibility index (Phi) is 9.12. The third-order valence-corrected chi connectivity index (χ3v) is 13.1. The predicted molar refractivity (Wildman–Crippen MR) is 252 cm³/mol. The highest BCUT2D eigenvalue weighted by atomic mass is 16.5. The fourth-order valence-electron chi connectivity index (χ4n) is 9.83. The van der Waals surface area contributed by atoms with E-state index in [-0.39, 0.29) is 44.9 Å². The highest BCUT2D eigenvalue weighted by molar-refractivity contribution is 6.34. The van der Waals surface area contributed by atoms with Gasteiger partial charge in [-0.2, -0.15) is 0 Å². The SMILES string of the molecule is Cc1ccc(Oc2ccc(N3C(=O)c4ccc(C(=O)Oc5ccc6c(c5)Oc5cc(OC(=O)c7ccc8c(c7)C(=O)N(C)C8=O)ccc5C65c6ccccc6-c6ccccc65)cc4C3=O)cc2)cc1. The zero-order valence-corrected chi connectivity index (χ0v) is 36.6. The second kappa shape index (κ2) is 15.3. The molecule has 1 spiro atoms. The summed E-state index contributed by atoms with van der Waals surface area (Å²) in [6.07, 6.45) is 0. The summed E-state index contributed by atoms with van der Waals surface area (Å²) in [6.45, 7) is 1.98. The highest BCUT2D eigenvalue weighted by Crippen LogP contribution is 2.62. The lowest BCUT2D eigenvalue weighted by Gasteiger charge is -2.39. The zero-order valence-electron chi connectivity index (χ0n) is 36.6. The van der Waals surface area contributed by atoms with E-state index in [4.69, 9.17) is 18.9 Å². The zero-order chi connectivity index (χ0) is 47.3. The molecule has 0 atom stereocenters. The first-order chi connectivity index (χ1) is 33.5. The average Bonchev–Trinajstić information content (AvgIpc) is 3.89. The maximum atomic E-state index is 13.9. The summed E-state index contributed by atoms with van der Waals surface area (Å²) in [5.41, 5.74) is 6.80. The largest absolute Gasteiger partial charge is 0.457 e. The van der Waals surface area contributed by atoms with E-state index in [9.17, 15) is 28.8 Å². The molecule has 0 fully saturated rings. The molecule has 0 N–H and O–H groups in total. The lowest BCUT2D eigenvalue weighted by Crippen LogP contribution is -2.32. The number of carbonyl (C=O) groups is 6. The van der Waals surface area contributed by atoms with Crippen molar-refractivity contribution in [2.75, 3.05) is 11.9 Å². The fraction of sp³-hybridized carbons (Fsp3) is 0.0526. The van der Waals surface area contributed by atoms with Gasteiger partial charge in [0.05, 0.1) is 44.5 Å². The number of amides is 4. The molecule has 0 radical (unpaired) electrons. The third-order valence-electron chi connectivity index (χ3n) is 13.1. The molecular formula is C57H34N2O10. The molecule has 0 saturated carbocycles. The molecule has 12 nitrogen and oxygen atoms in total. The summed E-state index contributed by atoms with van der Waals surface area (Å²) in [5, 5.41) is 0. The molecule has 332 valence electrons. The number of fused-ring (bicyclic) bond motifs is 11. The smallest absolute Gasteiger partial charge is 0.343 e. The molecule has 69 heavy (non-hydrogen) atoms. The summed E-state index contributed by atoms with van der Waals surface area (Å²) in [7, 11) is 1.38. The van der Waals surface area contributed by atoms with Gasteiger partial charge < -0.3 is 18.9 Å². The number of hydrogen-bond acceptors (Lipinski definition) is 10. The Labute approximate surface area is 393 Å². The summed E-state index contributed by atoms with van der Waals surface area (Å²) in [4.78, 5) is 82.1. The van der Waals surface area contributed by atoms with Crippen molar-refractivity contribution in [3.63, 3.8) is 0 Å². The summed E-state index contributed by atoms with van der Waals surface area (Å²) >= 11 is 0. The van der Waals surface area contributed by atoms with Gasteiger partial charge in [0.15, 0.2) is 0 Å². The molecule has 0 unspecified atom stereocenters. The molecule has 12 rings (SSSR count). The van der Waals surface area contributed by atoms with Crippen LogP contribution in [0.25, 0.3) is 11.1 Å². The minimum absolute atomic E-state index is 0.0514. The Hall–Kier alpha value is -9.42. The molecule has 0 saturated heterocycles. The van der Waals surface area contributed by atoms with E-state index in [2.05, 4.69) is 24.3 Å². The van der Waals surface area contributed by atoms with Crippen LogP contribution in [0.4, 0.5) is 5.69 Å². The Morgan fingerprint density at radius 2 is 0.899 bits per heavy atom. The monoisotopic (exact) mass is 906 g/mol. The number of anilines is 1. The quantitative estimate of drug-likeness (QED) is 0.0860. The molecule has 3 aliphatic heterocycles. The van der Waals surface area contributed by atoms with Gasteiger partial charge in [0.25, 0.3) is 23.6 Å². The first-order valence-electron chi connectivity index (χ1n) is 21.9. The van der Waals surface area contributed by atoms with E-state index in [1.54, 1.807) is 48.5 Å². The van der Waals surface area contributed by atoms with Crippen LogP contribution in [0.15, 0.2) is 170 Å². The molecule has 3 heterocycles. The second-order valence-electron chi connectivity index (χ2n) is 17.1. The van der Waals surface area contributed by atoms with E-state index in [1.165, 1.54) is 43.4 Å². The van der Waals surface area contributed by atoms with Crippen LogP contribution in [0, 0.1) is 6.92 Å². The van der Waals surface area contributed by atoms with Crippen molar-refractivity contribution >= 4 is 41.3 Å². The van der Waals surface area contributed by atoms with Gasteiger partial charge in [-0.1, -0.05) is 78.4 Å². The van der Waals surface area contributed by atoms with E-state index in [1.807, 2.05) is 67.6 Å². The van der Waals surface area contributed by atoms with Gasteiger partial charge in [0.1, 0.15) is 34.5 Å². The number of aryl methyl sites for hydroxylation is 1. The van der Waals surface area contributed by atoms with Crippen molar-refractivity contribution < 1.29 is 47.7 Å². The normalized spacial score (nSPS) is 14.3. The van der Waals surface area contributed by atoms with Crippen molar-refractivity contribution in [2.45, 2.75) is 12.3 Å². The van der Waals surface area contributed by atoms with Gasteiger partial charge >= 0.3 is 11.9 Å². The minimum Gasteiger partial charge on any atom is -0.457 e.